The molecule has 2 heterocycles. The minimum absolute atomic E-state index is 0. The number of likely N-dealkylation sites (N-methyl/N-ethyl adjacent to an activating group) is 1. The zero-order chi connectivity index (χ0) is 19.5. The fraction of sp³-hybridized carbons (Fsp3) is 0.375. The Labute approximate surface area is 173 Å². The number of ether oxygens (including phenoxy) is 1. The number of para-hydroxylation sites is 1. The van der Waals surface area contributed by atoms with Gasteiger partial charge in [-0.3, -0.25) is 0 Å². The van der Waals surface area contributed by atoms with Crippen LogP contribution < -0.4 is 9.64 Å². The van der Waals surface area contributed by atoms with Gasteiger partial charge in [0.2, 0.25) is 0 Å². The quantitative estimate of drug-likeness (QED) is 0.707. The summed E-state index contributed by atoms with van der Waals surface area (Å²) in [6, 6.07) is 17.8. The largest absolute Gasteiger partial charge is 0.496 e. The SMILES string of the molecule is C.CCN1CCN(c2nc(C(O)c3ccccc3OC)cc3ccccc23)CC1. The van der Waals surface area contributed by atoms with E-state index in [-0.39, 0.29) is 7.43 Å². The minimum atomic E-state index is -0.837. The number of nitrogens with zero attached hydrogens (tertiary/aromatic N) is 3. The monoisotopic (exact) mass is 393 g/mol. The third kappa shape index (κ3) is 4.21. The second-order valence-corrected chi connectivity index (χ2v) is 7.16. The van der Waals surface area contributed by atoms with Gasteiger partial charge in [0, 0.05) is 37.1 Å². The third-order valence-corrected chi connectivity index (χ3v) is 5.57. The number of hydrogen-bond donors (Lipinski definition) is 1. The van der Waals surface area contributed by atoms with Gasteiger partial charge in [0.1, 0.15) is 17.7 Å². The van der Waals surface area contributed by atoms with E-state index < -0.39 is 6.10 Å². The van der Waals surface area contributed by atoms with E-state index >= 15 is 0 Å². The lowest BCUT2D eigenvalue weighted by molar-refractivity contribution is 0.210. The van der Waals surface area contributed by atoms with Crippen LogP contribution in [0.15, 0.2) is 54.6 Å². The first-order valence-corrected chi connectivity index (χ1v) is 9.89. The molecule has 5 nitrogen and oxygen atoms in total. The van der Waals surface area contributed by atoms with Crippen LogP contribution in [0.25, 0.3) is 10.8 Å². The van der Waals surface area contributed by atoms with E-state index in [1.807, 2.05) is 42.5 Å². The summed E-state index contributed by atoms with van der Waals surface area (Å²) in [6.07, 6.45) is -0.837. The molecule has 1 N–H and O–H groups in total. The smallest absolute Gasteiger partial charge is 0.136 e. The van der Waals surface area contributed by atoms with E-state index in [4.69, 9.17) is 9.72 Å². The van der Waals surface area contributed by atoms with Gasteiger partial charge in [-0.1, -0.05) is 56.8 Å². The molecule has 5 heteroatoms. The molecule has 2 aromatic carbocycles. The van der Waals surface area contributed by atoms with Gasteiger partial charge in [0.05, 0.1) is 12.8 Å². The summed E-state index contributed by atoms with van der Waals surface area (Å²) in [5, 5.41) is 13.3. The van der Waals surface area contributed by atoms with Crippen molar-refractivity contribution in [1.82, 2.24) is 9.88 Å². The first-order chi connectivity index (χ1) is 13.7. The maximum Gasteiger partial charge on any atom is 0.136 e. The highest BCUT2D eigenvalue weighted by molar-refractivity contribution is 5.92. The number of piperazine rings is 1. The molecule has 4 rings (SSSR count). The molecule has 0 saturated carbocycles. The Morgan fingerprint density at radius 3 is 2.45 bits per heavy atom. The van der Waals surface area contributed by atoms with Crippen molar-refractivity contribution in [2.24, 2.45) is 0 Å². The molecule has 1 fully saturated rings. The van der Waals surface area contributed by atoms with E-state index in [2.05, 4.69) is 28.9 Å². The highest BCUT2D eigenvalue weighted by atomic mass is 16.5. The van der Waals surface area contributed by atoms with Crippen molar-refractivity contribution in [3.63, 3.8) is 0 Å². The molecule has 3 aromatic rings. The fourth-order valence-electron chi connectivity index (χ4n) is 3.91. The normalized spacial score (nSPS) is 15.8. The zero-order valence-electron chi connectivity index (χ0n) is 16.5. The molecule has 0 radical (unpaired) electrons. The number of rotatable bonds is 5. The summed E-state index contributed by atoms with van der Waals surface area (Å²) < 4.78 is 5.44. The van der Waals surface area contributed by atoms with Gasteiger partial charge in [-0.25, -0.2) is 4.98 Å². The summed E-state index contributed by atoms with van der Waals surface area (Å²) in [5.41, 5.74) is 1.38. The predicted octanol–water partition coefficient (Wildman–Crippen LogP) is 4.10. The topological polar surface area (TPSA) is 48.8 Å². The molecular formula is C24H31N3O2. The third-order valence-electron chi connectivity index (χ3n) is 5.57. The Kier molecular flexibility index (Phi) is 6.72. The van der Waals surface area contributed by atoms with Crippen molar-refractivity contribution in [3.05, 3.63) is 65.9 Å². The molecule has 0 aliphatic carbocycles. The highest BCUT2D eigenvalue weighted by Gasteiger charge is 2.22. The first-order valence-electron chi connectivity index (χ1n) is 9.89. The standard InChI is InChI=1S/C23H27N3O2.CH4/c1-3-25-12-14-26(15-13-25)23-18-9-5-4-8-17(18)16-20(24-23)22(27)19-10-6-7-11-21(19)28-2;/h4-11,16,22,27H,3,12-15H2,1-2H3;1H4. The van der Waals surface area contributed by atoms with E-state index in [0.29, 0.717) is 11.4 Å². The van der Waals surface area contributed by atoms with Crippen LogP contribution in [0.3, 0.4) is 0 Å². The summed E-state index contributed by atoms with van der Waals surface area (Å²) in [7, 11) is 1.62. The summed E-state index contributed by atoms with van der Waals surface area (Å²) >= 11 is 0. The number of fused-ring (bicyclic) bond motifs is 1. The van der Waals surface area contributed by atoms with Gasteiger partial charge >= 0.3 is 0 Å². The average Bonchev–Trinajstić information content (AvgIpc) is 2.77. The van der Waals surface area contributed by atoms with Gasteiger partial charge < -0.3 is 19.6 Å². The molecule has 0 spiro atoms. The average molecular weight is 394 g/mol. The summed E-state index contributed by atoms with van der Waals surface area (Å²) in [4.78, 5) is 9.72. The van der Waals surface area contributed by atoms with Crippen molar-refractivity contribution >= 4 is 16.6 Å². The Morgan fingerprint density at radius 2 is 1.72 bits per heavy atom. The number of aliphatic hydroxyl groups excluding tert-OH is 1. The lowest BCUT2D eigenvalue weighted by atomic mass is 10.0. The summed E-state index contributed by atoms with van der Waals surface area (Å²) in [6.45, 7) is 7.23. The number of aliphatic hydroxyl groups is 1. The Bertz CT molecular complexity index is 952. The zero-order valence-corrected chi connectivity index (χ0v) is 16.5. The van der Waals surface area contributed by atoms with Crippen LogP contribution >= 0.6 is 0 Å². The molecule has 0 bridgehead atoms. The van der Waals surface area contributed by atoms with Gasteiger partial charge in [0.25, 0.3) is 0 Å². The van der Waals surface area contributed by atoms with E-state index in [9.17, 15) is 5.11 Å². The maximum absolute atomic E-state index is 11.1. The number of methoxy groups -OCH3 is 1. The molecule has 1 unspecified atom stereocenters. The van der Waals surface area contributed by atoms with Crippen LogP contribution in [0.2, 0.25) is 0 Å². The van der Waals surface area contributed by atoms with Gasteiger partial charge in [0.15, 0.2) is 0 Å². The van der Waals surface area contributed by atoms with E-state index in [1.54, 1.807) is 7.11 Å². The van der Waals surface area contributed by atoms with Crippen molar-refractivity contribution in [3.8, 4) is 5.75 Å². The number of anilines is 1. The first kappa shape index (κ1) is 21.1. The van der Waals surface area contributed by atoms with E-state index in [0.717, 1.165) is 54.9 Å². The Balaban J connectivity index is 0.00000240. The molecule has 1 atom stereocenters. The van der Waals surface area contributed by atoms with Crippen LogP contribution in [-0.2, 0) is 0 Å². The molecule has 154 valence electrons. The van der Waals surface area contributed by atoms with Gasteiger partial charge in [-0.2, -0.15) is 0 Å². The van der Waals surface area contributed by atoms with Crippen LogP contribution in [0.1, 0.15) is 31.7 Å². The summed E-state index contributed by atoms with van der Waals surface area (Å²) in [5.74, 6) is 1.63. The Morgan fingerprint density at radius 1 is 1.03 bits per heavy atom. The van der Waals surface area contributed by atoms with Crippen LogP contribution in [0.4, 0.5) is 5.82 Å². The second kappa shape index (κ2) is 9.25. The van der Waals surface area contributed by atoms with Crippen LogP contribution in [-0.4, -0.2) is 54.8 Å². The molecule has 29 heavy (non-hydrogen) atoms. The molecule has 1 aliphatic heterocycles. The highest BCUT2D eigenvalue weighted by Crippen LogP contribution is 2.33. The molecule has 1 aliphatic rings. The van der Waals surface area contributed by atoms with Gasteiger partial charge in [-0.15, -0.1) is 0 Å². The number of pyridine rings is 1. The minimum Gasteiger partial charge on any atom is -0.496 e. The molecule has 1 aromatic heterocycles. The number of hydrogen-bond acceptors (Lipinski definition) is 5. The maximum atomic E-state index is 11.1. The Hall–Kier alpha value is -2.63. The second-order valence-electron chi connectivity index (χ2n) is 7.16. The number of aromatic nitrogens is 1. The van der Waals surface area contributed by atoms with Crippen LogP contribution in [0, 0.1) is 0 Å². The van der Waals surface area contributed by atoms with Crippen molar-refractivity contribution in [2.45, 2.75) is 20.5 Å². The van der Waals surface area contributed by atoms with Crippen molar-refractivity contribution in [2.75, 3.05) is 44.7 Å². The molecular weight excluding hydrogens is 362 g/mol. The lowest BCUT2D eigenvalue weighted by Crippen LogP contribution is -2.46. The van der Waals surface area contributed by atoms with E-state index in [1.165, 1.54) is 0 Å². The molecule has 0 amide bonds. The van der Waals surface area contributed by atoms with Crippen LogP contribution in [0.5, 0.6) is 5.75 Å². The molecule has 1 saturated heterocycles. The van der Waals surface area contributed by atoms with Crippen molar-refractivity contribution < 1.29 is 9.84 Å². The van der Waals surface area contributed by atoms with Crippen molar-refractivity contribution in [1.29, 1.82) is 0 Å². The fourth-order valence-corrected chi connectivity index (χ4v) is 3.91. The lowest BCUT2D eigenvalue weighted by Gasteiger charge is -2.35. The number of benzene rings is 2. The van der Waals surface area contributed by atoms with Gasteiger partial charge in [-0.05, 0) is 24.1 Å². The predicted molar refractivity (Wildman–Crippen MR) is 120 cm³/mol.